The molecule has 0 radical (unpaired) electrons. The zero-order valence-electron chi connectivity index (χ0n) is 23.8. The molecule has 1 aliphatic carbocycles. The Morgan fingerprint density at radius 1 is 1.10 bits per heavy atom. The van der Waals surface area contributed by atoms with Crippen LogP contribution in [0.15, 0.2) is 34.7 Å². The number of amides is 2. The number of guanidine groups is 1. The smallest absolute Gasteiger partial charge is 0.309 e. The average molecular weight is 549 g/mol. The molecule has 40 heavy (non-hydrogen) atoms. The Labute approximate surface area is 236 Å². The van der Waals surface area contributed by atoms with E-state index in [2.05, 4.69) is 20.4 Å². The SMILES string of the molecule is COc1cc(C(=O)N[C@@H]2CN3CCC2CC3)ccc1NC1=NC2=C(C[N+]13CC3)N(C)C(=O)CCN2C1CCCC1. The van der Waals surface area contributed by atoms with Crippen molar-refractivity contribution < 1.29 is 18.8 Å². The molecule has 10 nitrogen and oxygen atoms in total. The first-order chi connectivity index (χ1) is 19.4. The number of anilines is 1. The number of nitrogens with one attached hydrogen (secondary N) is 2. The van der Waals surface area contributed by atoms with Crippen LogP contribution >= 0.6 is 0 Å². The van der Waals surface area contributed by atoms with Crippen LogP contribution < -0.4 is 15.4 Å². The standard InChI is InChI=1S/C30H41N7O3/c1-34-25-19-37(15-16-37)30(33-28(25)36(14-11-27(34)38)22-5-3-4-6-22)32-23-8-7-21(17-26(23)40-2)29(39)31-24-18-35-12-9-20(24)10-13-35/h7-8,17,20,22,24H,3-6,9-16,18-19H2,1-2H3,(H-,31,32,33,39)/p+1/t24-/m1/s1. The van der Waals surface area contributed by atoms with Gasteiger partial charge in [-0.05, 0) is 62.9 Å². The van der Waals surface area contributed by atoms with Crippen molar-refractivity contribution in [3.63, 3.8) is 0 Å². The van der Waals surface area contributed by atoms with Crippen LogP contribution in [0.25, 0.3) is 0 Å². The van der Waals surface area contributed by atoms with E-state index in [1.165, 1.54) is 25.7 Å². The van der Waals surface area contributed by atoms with Crippen LogP contribution in [0.5, 0.6) is 5.75 Å². The largest absolute Gasteiger partial charge is 0.495 e. The Kier molecular flexibility index (Phi) is 6.50. The molecule has 6 heterocycles. The number of benzene rings is 1. The highest BCUT2D eigenvalue weighted by molar-refractivity contribution is 5.97. The van der Waals surface area contributed by atoms with Gasteiger partial charge in [0.2, 0.25) is 5.91 Å². The number of hydrogen-bond donors (Lipinski definition) is 2. The van der Waals surface area contributed by atoms with Gasteiger partial charge in [0.15, 0.2) is 5.82 Å². The van der Waals surface area contributed by atoms with Gasteiger partial charge in [-0.3, -0.25) is 14.9 Å². The number of nitrogens with zero attached hydrogens (tertiary/aromatic N) is 5. The van der Waals surface area contributed by atoms with Gasteiger partial charge in [-0.25, -0.2) is 4.48 Å². The van der Waals surface area contributed by atoms with Gasteiger partial charge >= 0.3 is 5.96 Å². The van der Waals surface area contributed by atoms with Gasteiger partial charge in [0, 0.05) is 44.2 Å². The van der Waals surface area contributed by atoms with Crippen LogP contribution in [0.4, 0.5) is 5.69 Å². The topological polar surface area (TPSA) is 89.5 Å². The van der Waals surface area contributed by atoms with E-state index < -0.39 is 0 Å². The second kappa shape index (κ2) is 10.1. The third-order valence-electron chi connectivity index (χ3n) is 10.2. The second-order valence-electron chi connectivity index (χ2n) is 12.5. The number of quaternary nitrogens is 1. The first-order valence-electron chi connectivity index (χ1n) is 15.1. The minimum absolute atomic E-state index is 0.0405. The molecule has 2 amide bonds. The molecule has 1 atom stereocenters. The van der Waals surface area contributed by atoms with Gasteiger partial charge in [-0.2, -0.15) is 4.99 Å². The summed E-state index contributed by atoms with van der Waals surface area (Å²) in [4.78, 5) is 38.1. The number of carbonyl (C=O) groups is 2. The van der Waals surface area contributed by atoms with E-state index in [1.807, 2.05) is 30.1 Å². The summed E-state index contributed by atoms with van der Waals surface area (Å²) in [5, 5.41) is 6.90. The Bertz CT molecular complexity index is 1260. The molecule has 2 N–H and O–H groups in total. The molecule has 2 bridgehead atoms. The predicted octanol–water partition coefficient (Wildman–Crippen LogP) is 2.41. The lowest BCUT2D eigenvalue weighted by Gasteiger charge is -2.44. The predicted molar refractivity (Wildman–Crippen MR) is 153 cm³/mol. The first-order valence-corrected chi connectivity index (χ1v) is 15.1. The summed E-state index contributed by atoms with van der Waals surface area (Å²) in [6, 6.07) is 6.32. The molecule has 1 spiro atoms. The lowest BCUT2D eigenvalue weighted by molar-refractivity contribution is -0.696. The summed E-state index contributed by atoms with van der Waals surface area (Å²) in [6.07, 6.45) is 7.64. The van der Waals surface area contributed by atoms with E-state index in [4.69, 9.17) is 9.73 Å². The minimum atomic E-state index is -0.0405. The summed E-state index contributed by atoms with van der Waals surface area (Å²) in [5.41, 5.74) is 2.46. The number of ether oxygens (including phenoxy) is 1. The summed E-state index contributed by atoms with van der Waals surface area (Å²) < 4.78 is 6.49. The second-order valence-corrected chi connectivity index (χ2v) is 12.5. The van der Waals surface area contributed by atoms with Gasteiger partial charge < -0.3 is 24.8 Å². The third-order valence-corrected chi connectivity index (χ3v) is 10.2. The molecule has 10 heteroatoms. The number of rotatable bonds is 5. The van der Waals surface area contributed by atoms with Gasteiger partial charge in [-0.15, -0.1) is 0 Å². The fourth-order valence-electron chi connectivity index (χ4n) is 7.47. The Morgan fingerprint density at radius 2 is 1.88 bits per heavy atom. The number of methoxy groups -OCH3 is 1. The molecule has 4 saturated heterocycles. The van der Waals surface area contributed by atoms with Crippen LogP contribution in [0, 0.1) is 5.92 Å². The highest BCUT2D eigenvalue weighted by atomic mass is 16.5. The van der Waals surface area contributed by atoms with E-state index >= 15 is 0 Å². The molecular weight excluding hydrogens is 506 g/mol. The lowest BCUT2D eigenvalue weighted by atomic mass is 9.84. The molecule has 214 valence electrons. The summed E-state index contributed by atoms with van der Waals surface area (Å²) in [7, 11) is 3.56. The fraction of sp³-hybridized carbons (Fsp3) is 0.633. The maximum atomic E-state index is 13.2. The Balaban J connectivity index is 1.15. The monoisotopic (exact) mass is 548 g/mol. The number of fused-ring (bicyclic) bond motifs is 3. The molecule has 5 fully saturated rings. The molecular formula is C30H42N7O3+. The lowest BCUT2D eigenvalue weighted by Crippen LogP contribution is -2.57. The molecule has 1 saturated carbocycles. The number of likely N-dealkylation sites (N-methyl/N-ethyl adjacent to an activating group) is 1. The third kappa shape index (κ3) is 4.55. The molecule has 1 aromatic carbocycles. The molecule has 0 unspecified atom stereocenters. The summed E-state index contributed by atoms with van der Waals surface area (Å²) >= 11 is 0. The van der Waals surface area contributed by atoms with E-state index in [9.17, 15) is 9.59 Å². The van der Waals surface area contributed by atoms with Crippen LogP contribution in [0.2, 0.25) is 0 Å². The fourth-order valence-corrected chi connectivity index (χ4v) is 7.47. The van der Waals surface area contributed by atoms with Crippen molar-refractivity contribution in [3.05, 3.63) is 35.3 Å². The van der Waals surface area contributed by atoms with Crippen molar-refractivity contribution in [1.29, 1.82) is 0 Å². The minimum Gasteiger partial charge on any atom is -0.495 e. The van der Waals surface area contributed by atoms with Gasteiger partial charge in [0.25, 0.3) is 5.91 Å². The van der Waals surface area contributed by atoms with Gasteiger partial charge in [0.1, 0.15) is 31.1 Å². The number of hydrogen-bond acceptors (Lipinski definition) is 7. The maximum Gasteiger partial charge on any atom is 0.309 e. The van der Waals surface area contributed by atoms with Crippen LogP contribution in [-0.2, 0) is 4.79 Å². The first kappa shape index (κ1) is 25.8. The van der Waals surface area contributed by atoms with Crippen molar-refractivity contribution >= 4 is 23.5 Å². The highest BCUT2D eigenvalue weighted by Gasteiger charge is 2.54. The van der Waals surface area contributed by atoms with E-state index in [0.29, 0.717) is 34.2 Å². The Morgan fingerprint density at radius 3 is 2.55 bits per heavy atom. The summed E-state index contributed by atoms with van der Waals surface area (Å²) in [6.45, 7) is 6.69. The molecule has 1 aromatic rings. The number of carbonyl (C=O) groups excluding carboxylic acids is 2. The molecule has 6 aliphatic heterocycles. The van der Waals surface area contributed by atoms with E-state index in [0.717, 1.165) is 81.8 Å². The quantitative estimate of drug-likeness (QED) is 0.434. The molecule has 8 rings (SSSR count). The van der Waals surface area contributed by atoms with Gasteiger partial charge in [0.05, 0.1) is 12.8 Å². The molecule has 7 aliphatic rings. The van der Waals surface area contributed by atoms with Crippen molar-refractivity contribution in [2.24, 2.45) is 10.9 Å². The summed E-state index contributed by atoms with van der Waals surface area (Å²) in [5.74, 6) is 3.19. The highest BCUT2D eigenvalue weighted by Crippen LogP contribution is 2.39. The zero-order chi connectivity index (χ0) is 27.4. The van der Waals surface area contributed by atoms with Crippen molar-refractivity contribution in [2.75, 3.05) is 65.3 Å². The van der Waals surface area contributed by atoms with Crippen molar-refractivity contribution in [1.82, 2.24) is 20.0 Å². The normalized spacial score (nSPS) is 29.3. The van der Waals surface area contributed by atoms with Crippen LogP contribution in [0.3, 0.4) is 0 Å². The van der Waals surface area contributed by atoms with Crippen LogP contribution in [0.1, 0.15) is 55.3 Å². The van der Waals surface area contributed by atoms with Crippen molar-refractivity contribution in [2.45, 2.75) is 57.0 Å². The Hall–Kier alpha value is -3.11. The van der Waals surface area contributed by atoms with Crippen LogP contribution in [-0.4, -0.2) is 109 Å². The number of aliphatic imine (C=N–C) groups is 1. The number of piperidine rings is 3. The van der Waals surface area contributed by atoms with E-state index in [1.54, 1.807) is 7.11 Å². The van der Waals surface area contributed by atoms with Crippen molar-refractivity contribution in [3.8, 4) is 5.75 Å². The van der Waals surface area contributed by atoms with Gasteiger partial charge in [-0.1, -0.05) is 12.8 Å². The maximum absolute atomic E-state index is 13.2. The average Bonchev–Trinajstić information content (AvgIpc) is 3.57. The van der Waals surface area contributed by atoms with E-state index in [-0.39, 0.29) is 17.9 Å². The molecule has 0 aromatic heterocycles. The zero-order valence-corrected chi connectivity index (χ0v) is 23.8.